The molecule has 9 nitrogen and oxygen atoms in total. The number of hydrogen-bond acceptors (Lipinski definition) is 4. The number of hydrogen-bond donors (Lipinski definition) is 3. The molecule has 206 valence electrons. The van der Waals surface area contributed by atoms with Crippen molar-refractivity contribution < 1.29 is 32.2 Å². The Morgan fingerprint density at radius 1 is 0.750 bits per heavy atom. The number of carbonyl (C=O) groups is 1. The lowest BCUT2D eigenvalue weighted by Gasteiger charge is -2.23. The lowest BCUT2D eigenvalue weighted by Crippen LogP contribution is -2.21. The molecule has 2 unspecified atom stereocenters. The molecule has 4 aromatic rings. The maximum Gasteiger partial charge on any atom is 0.337 e. The maximum atomic E-state index is 12.3. The molecule has 0 aliphatic rings. The van der Waals surface area contributed by atoms with E-state index < -0.39 is 28.5 Å². The Hall–Kier alpha value is -4.29. The van der Waals surface area contributed by atoms with Crippen LogP contribution < -0.4 is 13.3 Å². The van der Waals surface area contributed by atoms with Crippen molar-refractivity contribution in [1.29, 1.82) is 0 Å². The van der Waals surface area contributed by atoms with Gasteiger partial charge in [-0.3, -0.25) is 9.11 Å². The van der Waals surface area contributed by atoms with E-state index >= 15 is 0 Å². The van der Waals surface area contributed by atoms with Crippen LogP contribution in [-0.4, -0.2) is 28.6 Å². The number of benzene rings is 4. The van der Waals surface area contributed by atoms with Crippen molar-refractivity contribution in [1.82, 2.24) is 0 Å². The molecule has 0 aromatic heterocycles. The van der Waals surface area contributed by atoms with Gasteiger partial charge in [-0.2, -0.15) is 0 Å². The summed E-state index contributed by atoms with van der Waals surface area (Å²) in [6.07, 6.45) is 1.51. The van der Waals surface area contributed by atoms with Gasteiger partial charge < -0.3 is 9.84 Å². The Bertz CT molecular complexity index is 1610. The van der Waals surface area contributed by atoms with Crippen LogP contribution >= 0.6 is 0 Å². The molecule has 0 aliphatic heterocycles. The molecule has 3 N–H and O–H groups in total. The maximum absolute atomic E-state index is 12.3. The molecule has 0 spiro atoms. The topological polar surface area (TPSA) is 128 Å². The van der Waals surface area contributed by atoms with E-state index in [2.05, 4.69) is 6.58 Å². The molecule has 40 heavy (non-hydrogen) atoms. The predicted molar refractivity (Wildman–Crippen MR) is 158 cm³/mol. The smallest absolute Gasteiger partial charge is 0.337 e. The summed E-state index contributed by atoms with van der Waals surface area (Å²) in [6.45, 7) is 7.59. The van der Waals surface area contributed by atoms with Crippen LogP contribution in [0, 0.1) is 13.8 Å². The van der Waals surface area contributed by atoms with Crippen molar-refractivity contribution >= 4 is 57.3 Å². The second-order valence-electron chi connectivity index (χ2n) is 8.73. The number of nitrogens with zero attached hydrogens (tertiary/aromatic N) is 2. The number of rotatable bonds is 10. The molecule has 0 saturated heterocycles. The highest BCUT2D eigenvalue weighted by Gasteiger charge is 2.23. The third kappa shape index (κ3) is 6.29. The fraction of sp³-hybridized carbons (Fsp3) is 0.0690. The minimum absolute atomic E-state index is 0.00540. The van der Waals surface area contributed by atoms with Gasteiger partial charge in [0.25, 0.3) is 22.5 Å². The van der Waals surface area contributed by atoms with Crippen LogP contribution in [0.15, 0.2) is 91.5 Å². The summed E-state index contributed by atoms with van der Waals surface area (Å²) in [5, 5.41) is 9.90. The second-order valence-corrected chi connectivity index (χ2v) is 10.4. The SMILES string of the molecule is C=Cc1cc(Oc2ccc(N(c3ccc(C)cc3)S(=O)O)c(C(=O)O)c2)ccc1N(c1ccc(C)cc1)S(=O)O. The van der Waals surface area contributed by atoms with Gasteiger partial charge in [-0.1, -0.05) is 48.0 Å². The van der Waals surface area contributed by atoms with Crippen molar-refractivity contribution in [2.24, 2.45) is 0 Å². The second kappa shape index (κ2) is 12.3. The van der Waals surface area contributed by atoms with Gasteiger partial charge in [-0.05, 0) is 74.5 Å². The van der Waals surface area contributed by atoms with Gasteiger partial charge in [0.2, 0.25) is 0 Å². The number of aryl methyl sites for hydroxylation is 2. The predicted octanol–water partition coefficient (Wildman–Crippen LogP) is 6.99. The van der Waals surface area contributed by atoms with Crippen molar-refractivity contribution in [3.05, 3.63) is 114 Å². The van der Waals surface area contributed by atoms with Gasteiger partial charge in [-0.15, -0.1) is 0 Å². The van der Waals surface area contributed by atoms with Crippen LogP contribution in [0.4, 0.5) is 22.7 Å². The van der Waals surface area contributed by atoms with Gasteiger partial charge in [0.1, 0.15) is 11.5 Å². The Morgan fingerprint density at radius 2 is 1.20 bits per heavy atom. The Morgan fingerprint density at radius 3 is 1.65 bits per heavy atom. The first-order valence-corrected chi connectivity index (χ1v) is 14.0. The van der Waals surface area contributed by atoms with Gasteiger partial charge in [0.15, 0.2) is 0 Å². The van der Waals surface area contributed by atoms with E-state index in [0.717, 1.165) is 15.4 Å². The monoisotopic (exact) mass is 578 g/mol. The minimum atomic E-state index is -2.55. The minimum Gasteiger partial charge on any atom is -0.478 e. The fourth-order valence-electron chi connectivity index (χ4n) is 3.99. The molecule has 0 bridgehead atoms. The standard InChI is InChI=1S/C29H26N2O7S2/c1-4-21-17-24(13-15-27(21)30(39(34)35)22-9-5-19(2)6-10-22)38-25-14-16-28(26(18-25)29(32)33)31(40(36)37)23-11-7-20(3)8-12-23/h4-18H,1H2,2-3H3,(H,32,33)(H,34,35)(H,36,37). The van der Waals surface area contributed by atoms with E-state index in [4.69, 9.17) is 4.74 Å². The highest BCUT2D eigenvalue weighted by Crippen LogP contribution is 2.37. The molecular weight excluding hydrogens is 552 g/mol. The van der Waals surface area contributed by atoms with E-state index in [0.29, 0.717) is 28.4 Å². The summed E-state index contributed by atoms with van der Waals surface area (Å²) in [5.74, 6) is -0.835. The average molecular weight is 579 g/mol. The highest BCUT2D eigenvalue weighted by molar-refractivity contribution is 7.81. The van der Waals surface area contributed by atoms with Crippen LogP contribution in [-0.2, 0) is 22.5 Å². The van der Waals surface area contributed by atoms with E-state index in [1.807, 2.05) is 26.0 Å². The first kappa shape index (κ1) is 28.7. The average Bonchev–Trinajstić information content (AvgIpc) is 2.92. The Kier molecular flexibility index (Phi) is 8.80. The molecule has 0 aliphatic carbocycles. The first-order valence-electron chi connectivity index (χ1n) is 11.9. The van der Waals surface area contributed by atoms with Crippen molar-refractivity contribution in [3.63, 3.8) is 0 Å². The molecule has 0 saturated carbocycles. The van der Waals surface area contributed by atoms with Crippen molar-refractivity contribution in [2.75, 3.05) is 8.61 Å². The van der Waals surface area contributed by atoms with Crippen LogP contribution in [0.2, 0.25) is 0 Å². The van der Waals surface area contributed by atoms with Crippen LogP contribution in [0.5, 0.6) is 11.5 Å². The summed E-state index contributed by atoms with van der Waals surface area (Å²) < 4.78 is 52.7. The van der Waals surface area contributed by atoms with Crippen LogP contribution in [0.3, 0.4) is 0 Å². The molecule has 0 radical (unpaired) electrons. The number of aromatic carboxylic acids is 1. The van der Waals surface area contributed by atoms with E-state index in [9.17, 15) is 27.4 Å². The normalized spacial score (nSPS) is 12.3. The van der Waals surface area contributed by atoms with Gasteiger partial charge in [0, 0.05) is 5.56 Å². The van der Waals surface area contributed by atoms with E-state index in [1.54, 1.807) is 54.6 Å². The molecule has 0 heterocycles. The molecule has 0 fully saturated rings. The lowest BCUT2D eigenvalue weighted by atomic mass is 10.1. The molecule has 2 atom stereocenters. The zero-order valence-corrected chi connectivity index (χ0v) is 23.2. The largest absolute Gasteiger partial charge is 0.478 e. The van der Waals surface area contributed by atoms with E-state index in [1.165, 1.54) is 28.6 Å². The summed E-state index contributed by atoms with van der Waals surface area (Å²) in [7, 11) is 0. The summed E-state index contributed by atoms with van der Waals surface area (Å²) in [4.78, 5) is 12.1. The van der Waals surface area contributed by atoms with Crippen molar-refractivity contribution in [2.45, 2.75) is 13.8 Å². The quantitative estimate of drug-likeness (QED) is 0.173. The van der Waals surface area contributed by atoms with Gasteiger partial charge in [-0.25, -0.2) is 21.8 Å². The van der Waals surface area contributed by atoms with Gasteiger partial charge >= 0.3 is 5.97 Å². The zero-order chi connectivity index (χ0) is 29.0. The zero-order valence-electron chi connectivity index (χ0n) is 21.6. The van der Waals surface area contributed by atoms with Crippen LogP contribution in [0.25, 0.3) is 6.08 Å². The van der Waals surface area contributed by atoms with Gasteiger partial charge in [0.05, 0.1) is 28.3 Å². The molecule has 0 amide bonds. The molecular formula is C29H26N2O7S2. The highest BCUT2D eigenvalue weighted by atomic mass is 32.2. The number of carboxylic acids is 1. The van der Waals surface area contributed by atoms with E-state index in [-0.39, 0.29) is 17.0 Å². The molecule has 11 heteroatoms. The van der Waals surface area contributed by atoms with Crippen molar-refractivity contribution in [3.8, 4) is 11.5 Å². The molecule has 4 rings (SSSR count). The fourth-order valence-corrected chi connectivity index (χ4v) is 5.26. The Labute approximate surface area is 236 Å². The Balaban J connectivity index is 1.69. The summed E-state index contributed by atoms with van der Waals surface area (Å²) in [6, 6.07) is 22.8. The number of ether oxygens (including phenoxy) is 1. The number of carboxylic acid groups (broad SMARTS) is 1. The summed E-state index contributed by atoms with van der Waals surface area (Å²) >= 11 is -4.92. The third-order valence-corrected chi connectivity index (χ3v) is 7.38. The lowest BCUT2D eigenvalue weighted by molar-refractivity contribution is 0.0697. The van der Waals surface area contributed by atoms with Crippen LogP contribution in [0.1, 0.15) is 27.0 Å². The molecule has 4 aromatic carbocycles. The first-order chi connectivity index (χ1) is 19.1. The summed E-state index contributed by atoms with van der Waals surface area (Å²) in [5.41, 5.74) is 3.45. The third-order valence-electron chi connectivity index (χ3n) is 5.94. The number of anilines is 4.